The lowest BCUT2D eigenvalue weighted by molar-refractivity contribution is -0.149. The third kappa shape index (κ3) is 3.80. The number of benzene rings is 1. The molecule has 1 aromatic carbocycles. The first-order valence-electron chi connectivity index (χ1n) is 8.24. The molecule has 24 heavy (non-hydrogen) atoms. The van der Waals surface area contributed by atoms with Crippen molar-refractivity contribution in [2.75, 3.05) is 25.1 Å². The number of anilines is 1. The van der Waals surface area contributed by atoms with Crippen LogP contribution in [0.3, 0.4) is 0 Å². The predicted molar refractivity (Wildman–Crippen MR) is 92.2 cm³/mol. The summed E-state index contributed by atoms with van der Waals surface area (Å²) < 4.78 is 10.5. The SMILES string of the molecule is COC(=O)[C@H]1CN(CC(=O)N(C(C)C)C(C)C)c2ccccc2O1. The molecule has 0 bridgehead atoms. The van der Waals surface area contributed by atoms with E-state index in [2.05, 4.69) is 0 Å². The lowest BCUT2D eigenvalue weighted by atomic mass is 10.1. The highest BCUT2D eigenvalue weighted by atomic mass is 16.6. The Morgan fingerprint density at radius 2 is 1.88 bits per heavy atom. The van der Waals surface area contributed by atoms with Gasteiger partial charge in [0.05, 0.1) is 25.9 Å². The lowest BCUT2D eigenvalue weighted by Gasteiger charge is -2.37. The number of ether oxygens (including phenoxy) is 2. The maximum atomic E-state index is 12.8. The molecule has 2 rings (SSSR count). The minimum Gasteiger partial charge on any atom is -0.475 e. The fourth-order valence-corrected chi connectivity index (χ4v) is 3.13. The first kappa shape index (κ1) is 18.1. The molecule has 0 saturated heterocycles. The zero-order valence-corrected chi connectivity index (χ0v) is 15.0. The number of rotatable bonds is 5. The second-order valence-corrected chi connectivity index (χ2v) is 6.47. The van der Waals surface area contributed by atoms with Gasteiger partial charge in [-0.2, -0.15) is 0 Å². The average Bonchev–Trinajstić information content (AvgIpc) is 2.53. The van der Waals surface area contributed by atoms with E-state index in [1.807, 2.05) is 55.7 Å². The Morgan fingerprint density at radius 1 is 1.25 bits per heavy atom. The molecule has 1 aliphatic heterocycles. The molecule has 132 valence electrons. The zero-order valence-electron chi connectivity index (χ0n) is 15.0. The minimum atomic E-state index is -0.732. The molecular formula is C18H26N2O4. The van der Waals surface area contributed by atoms with Gasteiger partial charge < -0.3 is 19.3 Å². The Bertz CT molecular complexity index is 592. The Morgan fingerprint density at radius 3 is 2.46 bits per heavy atom. The van der Waals surface area contributed by atoms with E-state index in [-0.39, 0.29) is 24.5 Å². The van der Waals surface area contributed by atoms with Crippen LogP contribution in [0.15, 0.2) is 24.3 Å². The second kappa shape index (κ2) is 7.55. The summed E-state index contributed by atoms with van der Waals surface area (Å²) >= 11 is 0. The molecule has 0 unspecified atom stereocenters. The maximum absolute atomic E-state index is 12.8. The first-order chi connectivity index (χ1) is 11.3. The van der Waals surface area contributed by atoms with E-state index in [1.165, 1.54) is 7.11 Å². The van der Waals surface area contributed by atoms with Crippen LogP contribution in [0, 0.1) is 0 Å². The van der Waals surface area contributed by atoms with Gasteiger partial charge >= 0.3 is 5.97 Å². The molecule has 1 atom stereocenters. The molecule has 0 spiro atoms. The molecule has 0 aliphatic carbocycles. The number of hydrogen-bond acceptors (Lipinski definition) is 5. The van der Waals surface area contributed by atoms with Gasteiger partial charge in [-0.3, -0.25) is 4.79 Å². The molecule has 1 aliphatic rings. The molecule has 6 nitrogen and oxygen atoms in total. The summed E-state index contributed by atoms with van der Waals surface area (Å²) in [4.78, 5) is 28.4. The highest BCUT2D eigenvalue weighted by Gasteiger charge is 2.33. The van der Waals surface area contributed by atoms with Crippen molar-refractivity contribution in [2.24, 2.45) is 0 Å². The van der Waals surface area contributed by atoms with Gasteiger partial charge in [-0.05, 0) is 39.8 Å². The number of amides is 1. The zero-order chi connectivity index (χ0) is 17.9. The summed E-state index contributed by atoms with van der Waals surface area (Å²) in [5, 5.41) is 0. The predicted octanol–water partition coefficient (Wildman–Crippen LogP) is 2.07. The smallest absolute Gasteiger partial charge is 0.348 e. The molecule has 0 saturated carbocycles. The van der Waals surface area contributed by atoms with Crippen LogP contribution in [0.4, 0.5) is 5.69 Å². The fraction of sp³-hybridized carbons (Fsp3) is 0.556. The van der Waals surface area contributed by atoms with Gasteiger partial charge in [0.15, 0.2) is 0 Å². The van der Waals surface area contributed by atoms with Crippen LogP contribution >= 0.6 is 0 Å². The lowest BCUT2D eigenvalue weighted by Crippen LogP contribution is -2.51. The Hall–Kier alpha value is -2.24. The summed E-state index contributed by atoms with van der Waals surface area (Å²) in [5.41, 5.74) is 0.818. The van der Waals surface area contributed by atoms with Gasteiger partial charge in [-0.1, -0.05) is 12.1 Å². The molecular weight excluding hydrogens is 308 g/mol. The summed E-state index contributed by atoms with van der Waals surface area (Å²) in [6.45, 7) is 8.50. The van der Waals surface area contributed by atoms with Crippen molar-refractivity contribution in [3.8, 4) is 5.75 Å². The maximum Gasteiger partial charge on any atom is 0.348 e. The number of fused-ring (bicyclic) bond motifs is 1. The van der Waals surface area contributed by atoms with Gasteiger partial charge in [0, 0.05) is 12.1 Å². The monoisotopic (exact) mass is 334 g/mol. The van der Waals surface area contributed by atoms with Crippen molar-refractivity contribution in [1.82, 2.24) is 4.90 Å². The van der Waals surface area contributed by atoms with Crippen molar-refractivity contribution < 1.29 is 19.1 Å². The van der Waals surface area contributed by atoms with E-state index in [0.717, 1.165) is 5.69 Å². The number of para-hydroxylation sites is 2. The van der Waals surface area contributed by atoms with Gasteiger partial charge in [0.25, 0.3) is 0 Å². The summed E-state index contributed by atoms with van der Waals surface area (Å²) in [6.07, 6.45) is -0.732. The normalized spacial score (nSPS) is 16.6. The number of hydrogen-bond donors (Lipinski definition) is 0. The standard InChI is InChI=1S/C18H26N2O4/c1-12(2)20(13(3)4)17(21)11-19-10-16(18(22)23-5)24-15-9-7-6-8-14(15)19/h6-9,12-13,16H,10-11H2,1-5H3/t16-/m1/s1. The molecule has 0 fully saturated rings. The largest absolute Gasteiger partial charge is 0.475 e. The van der Waals surface area contributed by atoms with Crippen LogP contribution in [-0.4, -0.2) is 55.2 Å². The number of esters is 1. The Balaban J connectivity index is 2.24. The average molecular weight is 334 g/mol. The fourth-order valence-electron chi connectivity index (χ4n) is 3.13. The van der Waals surface area contributed by atoms with Crippen molar-refractivity contribution >= 4 is 17.6 Å². The Kier molecular flexibility index (Phi) is 5.70. The quantitative estimate of drug-likeness (QED) is 0.772. The van der Waals surface area contributed by atoms with E-state index in [9.17, 15) is 9.59 Å². The Labute approximate surface area is 143 Å². The number of carbonyl (C=O) groups is 2. The van der Waals surface area contributed by atoms with Gasteiger partial charge in [-0.15, -0.1) is 0 Å². The second-order valence-electron chi connectivity index (χ2n) is 6.47. The van der Waals surface area contributed by atoms with Crippen LogP contribution < -0.4 is 9.64 Å². The van der Waals surface area contributed by atoms with Crippen molar-refractivity contribution in [3.05, 3.63) is 24.3 Å². The van der Waals surface area contributed by atoms with Crippen LogP contribution in [0.1, 0.15) is 27.7 Å². The highest BCUT2D eigenvalue weighted by molar-refractivity contribution is 5.84. The van der Waals surface area contributed by atoms with E-state index in [0.29, 0.717) is 12.3 Å². The van der Waals surface area contributed by atoms with Crippen molar-refractivity contribution in [2.45, 2.75) is 45.9 Å². The van der Waals surface area contributed by atoms with Crippen molar-refractivity contribution in [1.29, 1.82) is 0 Å². The molecule has 0 radical (unpaired) electrons. The van der Waals surface area contributed by atoms with E-state index >= 15 is 0 Å². The third-order valence-electron chi connectivity index (χ3n) is 4.05. The summed E-state index contributed by atoms with van der Waals surface area (Å²) in [5.74, 6) is 0.180. The van der Waals surface area contributed by atoms with Gasteiger partial charge in [0.2, 0.25) is 12.0 Å². The molecule has 6 heteroatoms. The third-order valence-corrected chi connectivity index (χ3v) is 4.05. The molecule has 1 amide bonds. The number of nitrogens with zero attached hydrogens (tertiary/aromatic N) is 2. The van der Waals surface area contributed by atoms with Gasteiger partial charge in [-0.25, -0.2) is 4.79 Å². The first-order valence-corrected chi connectivity index (χ1v) is 8.24. The van der Waals surface area contributed by atoms with E-state index in [1.54, 1.807) is 6.07 Å². The van der Waals surface area contributed by atoms with Crippen molar-refractivity contribution in [3.63, 3.8) is 0 Å². The topological polar surface area (TPSA) is 59.1 Å². The van der Waals surface area contributed by atoms with E-state index in [4.69, 9.17) is 9.47 Å². The molecule has 1 heterocycles. The van der Waals surface area contributed by atoms with Crippen LogP contribution in [-0.2, 0) is 14.3 Å². The number of methoxy groups -OCH3 is 1. The van der Waals surface area contributed by atoms with Gasteiger partial charge in [0.1, 0.15) is 5.75 Å². The molecule has 0 N–H and O–H groups in total. The summed E-state index contributed by atoms with van der Waals surface area (Å²) in [7, 11) is 1.33. The molecule has 1 aromatic rings. The van der Waals surface area contributed by atoms with Crippen LogP contribution in [0.25, 0.3) is 0 Å². The minimum absolute atomic E-state index is 0.0281. The highest BCUT2D eigenvalue weighted by Crippen LogP contribution is 2.33. The van der Waals surface area contributed by atoms with E-state index < -0.39 is 12.1 Å². The van der Waals surface area contributed by atoms with Crippen LogP contribution in [0.5, 0.6) is 5.75 Å². The molecule has 0 aromatic heterocycles. The summed E-state index contributed by atoms with van der Waals surface area (Å²) in [6, 6.07) is 7.65. The van der Waals surface area contributed by atoms with Crippen LogP contribution in [0.2, 0.25) is 0 Å². The number of carbonyl (C=O) groups excluding carboxylic acids is 2.